The summed E-state index contributed by atoms with van der Waals surface area (Å²) >= 11 is 0. The topological polar surface area (TPSA) is 125 Å². The largest absolute Gasteiger partial charge is 0.463 e. The van der Waals surface area contributed by atoms with Gasteiger partial charge in [0.25, 0.3) is 5.91 Å². The van der Waals surface area contributed by atoms with Crippen LogP contribution in [0.5, 0.6) is 0 Å². The van der Waals surface area contributed by atoms with E-state index in [1.165, 1.54) is 4.90 Å². The second-order valence-electron chi connectivity index (χ2n) is 13.4. The van der Waals surface area contributed by atoms with E-state index in [9.17, 15) is 19.5 Å². The van der Waals surface area contributed by atoms with Crippen LogP contribution in [0.4, 0.5) is 5.69 Å². The van der Waals surface area contributed by atoms with Crippen LogP contribution in [-0.4, -0.2) is 77.2 Å². The Morgan fingerprint density at radius 2 is 1.73 bits per heavy atom. The summed E-state index contributed by atoms with van der Waals surface area (Å²) in [5.41, 5.74) is 1.87. The van der Waals surface area contributed by atoms with Crippen molar-refractivity contribution in [2.75, 3.05) is 24.7 Å². The minimum absolute atomic E-state index is 0.0707. The van der Waals surface area contributed by atoms with Crippen LogP contribution >= 0.6 is 0 Å². The fourth-order valence-electron chi connectivity index (χ4n) is 7.98. The number of esters is 1. The van der Waals surface area contributed by atoms with E-state index in [0.717, 1.165) is 22.4 Å². The minimum atomic E-state index is -1.48. The molecule has 10 nitrogen and oxygen atoms in total. The number of carbonyl (C=O) groups is 4. The molecule has 2 aromatic carbocycles. The second-order valence-corrected chi connectivity index (χ2v) is 13.4. The average Bonchev–Trinajstić information content (AvgIpc) is 3.47. The van der Waals surface area contributed by atoms with Gasteiger partial charge in [-0.15, -0.1) is 0 Å². The maximum absolute atomic E-state index is 15.0. The first-order valence-corrected chi connectivity index (χ1v) is 17.0. The number of cyclic esters (lactones) is 1. The van der Waals surface area contributed by atoms with Crippen LogP contribution < -0.4 is 10.2 Å². The number of aryl methyl sites for hydroxylation is 2. The Morgan fingerprint density at radius 1 is 1.00 bits per heavy atom. The summed E-state index contributed by atoms with van der Waals surface area (Å²) in [5, 5.41) is 13.8. The molecule has 4 heterocycles. The average molecular weight is 656 g/mol. The van der Waals surface area contributed by atoms with Gasteiger partial charge < -0.3 is 29.7 Å². The maximum atomic E-state index is 15.0. The second kappa shape index (κ2) is 13.7. The maximum Gasteiger partial charge on any atom is 0.306 e. The van der Waals surface area contributed by atoms with Gasteiger partial charge in [-0.05, 0) is 42.9 Å². The van der Waals surface area contributed by atoms with E-state index >= 15 is 4.79 Å². The first kappa shape index (κ1) is 33.6. The number of ether oxygens (including phenoxy) is 2. The number of nitrogens with one attached hydrogen (secondary N) is 1. The highest BCUT2D eigenvalue weighted by molar-refractivity contribution is 6.06. The molecule has 0 aromatic heterocycles. The Bertz CT molecular complexity index is 1600. The quantitative estimate of drug-likeness (QED) is 0.357. The van der Waals surface area contributed by atoms with Crippen LogP contribution in [0.3, 0.4) is 0 Å². The molecule has 254 valence electrons. The van der Waals surface area contributed by atoms with Crippen LogP contribution in [0.1, 0.15) is 55.8 Å². The molecule has 3 amide bonds. The van der Waals surface area contributed by atoms with E-state index in [1.807, 2.05) is 88.4 Å². The van der Waals surface area contributed by atoms with Crippen molar-refractivity contribution in [2.24, 2.45) is 17.8 Å². The van der Waals surface area contributed by atoms with Crippen molar-refractivity contribution in [2.45, 2.75) is 76.8 Å². The smallest absolute Gasteiger partial charge is 0.306 e. The van der Waals surface area contributed by atoms with Crippen LogP contribution in [0, 0.1) is 31.6 Å². The lowest BCUT2D eigenvalue weighted by Crippen LogP contribution is -2.59. The molecule has 8 atom stereocenters. The van der Waals surface area contributed by atoms with E-state index in [1.54, 1.807) is 17.1 Å². The molecule has 4 aliphatic rings. The van der Waals surface area contributed by atoms with E-state index in [4.69, 9.17) is 9.47 Å². The lowest BCUT2D eigenvalue weighted by molar-refractivity contribution is -0.147. The molecule has 0 aliphatic carbocycles. The number of allylic oxidation sites excluding steroid dienone is 1. The number of hydrogen-bond acceptors (Lipinski definition) is 7. The van der Waals surface area contributed by atoms with Crippen LogP contribution in [0.15, 0.2) is 72.8 Å². The molecular weight excluding hydrogens is 610 g/mol. The van der Waals surface area contributed by atoms with E-state index in [-0.39, 0.29) is 44.0 Å². The third-order valence-electron chi connectivity index (χ3n) is 10.6. The fourth-order valence-corrected chi connectivity index (χ4v) is 7.98. The number of amides is 3. The highest BCUT2D eigenvalue weighted by Gasteiger charge is 2.72. The molecule has 2 N–H and O–H groups in total. The number of hydrogen-bond donors (Lipinski definition) is 2. The zero-order valence-electron chi connectivity index (χ0n) is 28.0. The van der Waals surface area contributed by atoms with Gasteiger partial charge in [0.15, 0.2) is 0 Å². The van der Waals surface area contributed by atoms with Gasteiger partial charge in [0.2, 0.25) is 11.8 Å². The predicted octanol–water partition coefficient (Wildman–Crippen LogP) is 3.94. The third kappa shape index (κ3) is 5.75. The fraction of sp³-hybridized carbons (Fsp3) is 0.474. The Kier molecular flexibility index (Phi) is 9.58. The van der Waals surface area contributed by atoms with Gasteiger partial charge in [0.1, 0.15) is 18.2 Å². The Labute approximate surface area is 281 Å². The summed E-state index contributed by atoms with van der Waals surface area (Å²) in [5.74, 6) is -3.72. The highest BCUT2D eigenvalue weighted by Crippen LogP contribution is 2.54. The van der Waals surface area contributed by atoms with Crippen LogP contribution in [0.2, 0.25) is 0 Å². The molecule has 2 saturated heterocycles. The Morgan fingerprint density at radius 3 is 2.42 bits per heavy atom. The van der Waals surface area contributed by atoms with Crippen molar-refractivity contribution in [3.63, 3.8) is 0 Å². The number of aliphatic hydroxyl groups excluding tert-OH is 1. The SMILES string of the molecule is CC[C@H](C)[C@H](CO)N1C(=O)[C@H]2[C@@H]3C(=O)N[C@@H](c4ccccc4)COC(=O)CC/C=C\[C@@H]3O[C@]23C=CCN(c2c(C)cccc2C)C(=O)[C@H]13. The number of rotatable bonds is 6. The van der Waals surface area contributed by atoms with Crippen LogP contribution in [-0.2, 0) is 28.7 Å². The molecule has 2 aromatic rings. The van der Waals surface area contributed by atoms with Crippen molar-refractivity contribution in [1.29, 1.82) is 0 Å². The molecule has 0 bridgehead atoms. The first-order chi connectivity index (χ1) is 23.1. The summed E-state index contributed by atoms with van der Waals surface area (Å²) in [7, 11) is 0. The minimum Gasteiger partial charge on any atom is -0.463 e. The number of carbonyl (C=O) groups excluding carboxylic acids is 4. The number of benzene rings is 2. The molecule has 6 rings (SSSR count). The van der Waals surface area contributed by atoms with Gasteiger partial charge in [0.05, 0.1) is 36.6 Å². The predicted molar refractivity (Wildman–Crippen MR) is 180 cm³/mol. The standard InChI is InChI=1S/C38H45N3O7/c1-5-23(2)28(21-42)41-34-37(46)40(33-24(3)13-11-14-25(33)4)20-12-19-38(34)32(36(41)45)31-29(48-38)17-9-10-18-30(43)47-22-27(39-35(31)44)26-15-7-6-8-16-26/h6-9,11-17,19,23,27-29,31-32,34,42H,5,10,18,20-22H2,1-4H3,(H,39,44)/b17-9-/t23-,27+,28-,29-,31+,32+,34-,38+/m0/s1. The van der Waals surface area contributed by atoms with E-state index in [2.05, 4.69) is 5.32 Å². The lowest BCUT2D eigenvalue weighted by Gasteiger charge is -2.40. The lowest BCUT2D eigenvalue weighted by atomic mass is 9.77. The summed E-state index contributed by atoms with van der Waals surface area (Å²) in [6.07, 6.45) is 7.50. The van der Waals surface area contributed by atoms with Gasteiger partial charge >= 0.3 is 5.97 Å². The molecule has 0 radical (unpaired) electrons. The van der Waals surface area contributed by atoms with Crippen molar-refractivity contribution in [1.82, 2.24) is 10.2 Å². The van der Waals surface area contributed by atoms with Gasteiger partial charge in [-0.1, -0.05) is 93.1 Å². The van der Waals surface area contributed by atoms with Gasteiger partial charge in [0, 0.05) is 18.7 Å². The monoisotopic (exact) mass is 655 g/mol. The van der Waals surface area contributed by atoms with Crippen molar-refractivity contribution in [3.8, 4) is 0 Å². The number of nitrogens with zero attached hydrogens (tertiary/aromatic N) is 2. The molecule has 2 fully saturated rings. The zero-order chi connectivity index (χ0) is 34.2. The molecular formula is C38H45N3O7. The molecule has 48 heavy (non-hydrogen) atoms. The molecule has 4 aliphatic heterocycles. The number of aliphatic hydroxyl groups is 1. The molecule has 0 saturated carbocycles. The molecule has 10 heteroatoms. The van der Waals surface area contributed by atoms with Gasteiger partial charge in [-0.2, -0.15) is 0 Å². The highest BCUT2D eigenvalue weighted by atomic mass is 16.5. The normalized spacial score (nSPS) is 31.0. The number of likely N-dealkylation sites (tertiary alicyclic amines) is 1. The molecule has 0 unspecified atom stereocenters. The number of para-hydroxylation sites is 1. The van der Waals surface area contributed by atoms with Crippen molar-refractivity contribution >= 4 is 29.4 Å². The Hall–Kier alpha value is -4.28. The zero-order valence-corrected chi connectivity index (χ0v) is 28.0. The van der Waals surface area contributed by atoms with Crippen molar-refractivity contribution in [3.05, 3.63) is 89.5 Å². The number of fused-ring (bicyclic) bond motifs is 2. The van der Waals surface area contributed by atoms with Crippen molar-refractivity contribution < 1.29 is 33.8 Å². The summed E-state index contributed by atoms with van der Waals surface area (Å²) < 4.78 is 12.4. The summed E-state index contributed by atoms with van der Waals surface area (Å²) in [6, 6.07) is 12.6. The summed E-state index contributed by atoms with van der Waals surface area (Å²) in [6.45, 7) is 7.68. The summed E-state index contributed by atoms with van der Waals surface area (Å²) in [4.78, 5) is 60.2. The Balaban J connectivity index is 1.49. The third-order valence-corrected chi connectivity index (χ3v) is 10.6. The van der Waals surface area contributed by atoms with E-state index < -0.39 is 53.5 Å². The first-order valence-electron chi connectivity index (χ1n) is 17.0. The van der Waals surface area contributed by atoms with Crippen LogP contribution in [0.25, 0.3) is 0 Å². The number of anilines is 1. The molecule has 1 spiro atoms. The van der Waals surface area contributed by atoms with E-state index in [0.29, 0.717) is 12.8 Å². The van der Waals surface area contributed by atoms with Gasteiger partial charge in [-0.3, -0.25) is 19.2 Å². The van der Waals surface area contributed by atoms with Gasteiger partial charge in [-0.25, -0.2) is 0 Å².